The average Bonchev–Trinajstić information content (AvgIpc) is 3.09. The van der Waals surface area contributed by atoms with Gasteiger partial charge in [0.15, 0.2) is 0 Å². The van der Waals surface area contributed by atoms with Gasteiger partial charge in [-0.15, -0.1) is 0 Å². The minimum Gasteiger partial charge on any atom is -0.480 e. The lowest BCUT2D eigenvalue weighted by Crippen LogP contribution is -2.34. The van der Waals surface area contributed by atoms with Crippen LogP contribution in [0.25, 0.3) is 0 Å². The molecule has 3 rings (SSSR count). The van der Waals surface area contributed by atoms with Crippen LogP contribution >= 0.6 is 0 Å². The van der Waals surface area contributed by atoms with Crippen molar-refractivity contribution in [2.24, 2.45) is 0 Å². The lowest BCUT2D eigenvalue weighted by atomic mass is 9.95. The highest BCUT2D eigenvalue weighted by molar-refractivity contribution is 5.66. The third kappa shape index (κ3) is 3.33. The van der Waals surface area contributed by atoms with E-state index in [-0.39, 0.29) is 6.54 Å². The summed E-state index contributed by atoms with van der Waals surface area (Å²) >= 11 is 0. The fraction of sp³-hybridized carbons (Fsp3) is 0.571. The lowest BCUT2D eigenvalue weighted by Gasteiger charge is -2.31. The fourth-order valence-electron chi connectivity index (χ4n) is 2.87. The SMILES string of the molecule is Cc1nonc1CN1CCCC(c2ccn(CC(=O)O)n2)C1. The van der Waals surface area contributed by atoms with Gasteiger partial charge in [0.1, 0.15) is 17.9 Å². The normalized spacial score (nSPS) is 19.4. The second-order valence-electron chi connectivity index (χ2n) is 5.70. The van der Waals surface area contributed by atoms with Crippen LogP contribution in [0.3, 0.4) is 0 Å². The summed E-state index contributed by atoms with van der Waals surface area (Å²) in [5, 5.41) is 20.9. The number of aryl methyl sites for hydroxylation is 1. The van der Waals surface area contributed by atoms with Gasteiger partial charge in [-0.05, 0) is 32.4 Å². The number of piperidine rings is 1. The van der Waals surface area contributed by atoms with Crippen LogP contribution < -0.4 is 0 Å². The van der Waals surface area contributed by atoms with Crippen molar-refractivity contribution in [3.63, 3.8) is 0 Å². The molecule has 0 saturated carbocycles. The molecule has 1 unspecified atom stereocenters. The Kier molecular flexibility index (Phi) is 4.19. The fourth-order valence-corrected chi connectivity index (χ4v) is 2.87. The van der Waals surface area contributed by atoms with Gasteiger partial charge >= 0.3 is 5.97 Å². The highest BCUT2D eigenvalue weighted by Crippen LogP contribution is 2.26. The van der Waals surface area contributed by atoms with E-state index < -0.39 is 5.97 Å². The van der Waals surface area contributed by atoms with Gasteiger partial charge in [0, 0.05) is 25.2 Å². The molecule has 0 aromatic carbocycles. The maximum absolute atomic E-state index is 10.7. The lowest BCUT2D eigenvalue weighted by molar-refractivity contribution is -0.137. The van der Waals surface area contributed by atoms with Crippen molar-refractivity contribution in [3.05, 3.63) is 29.3 Å². The summed E-state index contributed by atoms with van der Waals surface area (Å²) in [4.78, 5) is 13.0. The molecule has 8 nitrogen and oxygen atoms in total. The zero-order valence-electron chi connectivity index (χ0n) is 12.5. The minimum atomic E-state index is -0.881. The largest absolute Gasteiger partial charge is 0.480 e. The van der Waals surface area contributed by atoms with Gasteiger partial charge in [0.05, 0.1) is 5.69 Å². The van der Waals surface area contributed by atoms with E-state index in [1.165, 1.54) is 4.68 Å². The summed E-state index contributed by atoms with van der Waals surface area (Å²) in [5.74, 6) is -0.558. The molecule has 1 aliphatic rings. The zero-order chi connectivity index (χ0) is 15.5. The molecule has 0 spiro atoms. The van der Waals surface area contributed by atoms with Gasteiger partial charge in [-0.25, -0.2) is 4.63 Å². The molecule has 118 valence electrons. The van der Waals surface area contributed by atoms with Crippen molar-refractivity contribution in [1.82, 2.24) is 25.0 Å². The van der Waals surface area contributed by atoms with Gasteiger partial charge in [-0.1, -0.05) is 10.3 Å². The second-order valence-corrected chi connectivity index (χ2v) is 5.70. The van der Waals surface area contributed by atoms with Gasteiger partial charge in [-0.3, -0.25) is 14.4 Å². The van der Waals surface area contributed by atoms with E-state index in [0.717, 1.165) is 49.6 Å². The highest BCUT2D eigenvalue weighted by Gasteiger charge is 2.24. The molecule has 0 radical (unpaired) electrons. The van der Waals surface area contributed by atoms with Gasteiger partial charge in [0.2, 0.25) is 0 Å². The van der Waals surface area contributed by atoms with Crippen LogP contribution in [0, 0.1) is 6.92 Å². The molecule has 2 aromatic heterocycles. The summed E-state index contributed by atoms with van der Waals surface area (Å²) in [5.41, 5.74) is 2.66. The molecule has 1 aliphatic heterocycles. The summed E-state index contributed by atoms with van der Waals surface area (Å²) in [6.07, 6.45) is 3.88. The zero-order valence-corrected chi connectivity index (χ0v) is 12.5. The summed E-state index contributed by atoms with van der Waals surface area (Å²) in [7, 11) is 0. The van der Waals surface area contributed by atoms with Gasteiger partial charge in [0.25, 0.3) is 0 Å². The van der Waals surface area contributed by atoms with Crippen LogP contribution in [0.4, 0.5) is 0 Å². The molecule has 1 fully saturated rings. The van der Waals surface area contributed by atoms with E-state index in [4.69, 9.17) is 9.74 Å². The van der Waals surface area contributed by atoms with Gasteiger partial charge in [-0.2, -0.15) is 5.10 Å². The first kappa shape index (κ1) is 14.7. The van der Waals surface area contributed by atoms with Gasteiger partial charge < -0.3 is 5.11 Å². The van der Waals surface area contributed by atoms with Crippen LogP contribution in [0.5, 0.6) is 0 Å². The van der Waals surface area contributed by atoms with E-state index in [1.54, 1.807) is 6.20 Å². The van der Waals surface area contributed by atoms with E-state index in [0.29, 0.717) is 5.92 Å². The molecule has 0 bridgehead atoms. The first-order valence-electron chi connectivity index (χ1n) is 7.37. The summed E-state index contributed by atoms with van der Waals surface area (Å²) in [6.45, 7) is 4.41. The van der Waals surface area contributed by atoms with Crippen molar-refractivity contribution in [1.29, 1.82) is 0 Å². The van der Waals surface area contributed by atoms with E-state index in [9.17, 15) is 4.79 Å². The molecule has 2 aromatic rings. The first-order valence-corrected chi connectivity index (χ1v) is 7.37. The summed E-state index contributed by atoms with van der Waals surface area (Å²) < 4.78 is 6.22. The van der Waals surface area contributed by atoms with Crippen molar-refractivity contribution < 1.29 is 14.5 Å². The van der Waals surface area contributed by atoms with Crippen LogP contribution in [0.2, 0.25) is 0 Å². The number of carboxylic acids is 1. The molecular weight excluding hydrogens is 286 g/mol. The van der Waals surface area contributed by atoms with Crippen LogP contribution in [0.1, 0.15) is 35.8 Å². The number of aromatic nitrogens is 4. The molecule has 0 amide bonds. The maximum Gasteiger partial charge on any atom is 0.325 e. The predicted molar refractivity (Wildman–Crippen MR) is 76.1 cm³/mol. The molecule has 8 heteroatoms. The Morgan fingerprint density at radius 3 is 3.09 bits per heavy atom. The van der Waals surface area contributed by atoms with E-state index >= 15 is 0 Å². The molecule has 3 heterocycles. The van der Waals surface area contributed by atoms with Crippen molar-refractivity contribution in [2.45, 2.75) is 38.8 Å². The Labute approximate surface area is 127 Å². The molecule has 1 saturated heterocycles. The third-order valence-corrected chi connectivity index (χ3v) is 4.00. The number of nitrogens with zero attached hydrogens (tertiary/aromatic N) is 5. The quantitative estimate of drug-likeness (QED) is 0.881. The number of likely N-dealkylation sites (tertiary alicyclic amines) is 1. The minimum absolute atomic E-state index is 0.0970. The number of hydrogen-bond donors (Lipinski definition) is 1. The smallest absolute Gasteiger partial charge is 0.325 e. The Morgan fingerprint density at radius 1 is 1.50 bits per heavy atom. The summed E-state index contributed by atoms with van der Waals surface area (Å²) in [6, 6.07) is 1.92. The number of rotatable bonds is 5. The average molecular weight is 305 g/mol. The van der Waals surface area contributed by atoms with E-state index in [2.05, 4.69) is 20.3 Å². The first-order chi connectivity index (χ1) is 10.6. The van der Waals surface area contributed by atoms with Crippen LogP contribution in [-0.2, 0) is 17.9 Å². The molecule has 1 N–H and O–H groups in total. The van der Waals surface area contributed by atoms with Crippen LogP contribution in [-0.4, -0.2) is 49.2 Å². The number of hydrogen-bond acceptors (Lipinski definition) is 6. The molecule has 0 aliphatic carbocycles. The Balaban J connectivity index is 1.64. The monoisotopic (exact) mass is 305 g/mol. The number of carbonyl (C=O) groups is 1. The standard InChI is InChI=1S/C14H19N5O3/c1-10-13(17-22-16-10)8-18-5-2-3-11(7-18)12-4-6-19(15-12)9-14(20)21/h4,6,11H,2-3,5,7-9H2,1H3,(H,20,21). The Hall–Kier alpha value is -2.22. The van der Waals surface area contributed by atoms with E-state index in [1.807, 2.05) is 13.0 Å². The van der Waals surface area contributed by atoms with Crippen molar-refractivity contribution in [2.75, 3.05) is 13.1 Å². The molecular formula is C14H19N5O3. The number of carboxylic acid groups (broad SMARTS) is 1. The van der Waals surface area contributed by atoms with Crippen molar-refractivity contribution in [3.8, 4) is 0 Å². The topological polar surface area (TPSA) is 97.3 Å². The highest BCUT2D eigenvalue weighted by atomic mass is 16.6. The van der Waals surface area contributed by atoms with Crippen LogP contribution in [0.15, 0.2) is 16.9 Å². The second kappa shape index (κ2) is 6.27. The Morgan fingerprint density at radius 2 is 2.36 bits per heavy atom. The Bertz CT molecular complexity index is 650. The third-order valence-electron chi connectivity index (χ3n) is 4.00. The maximum atomic E-state index is 10.7. The van der Waals surface area contributed by atoms with Crippen molar-refractivity contribution >= 4 is 5.97 Å². The predicted octanol–water partition coefficient (Wildman–Crippen LogP) is 1.04. The molecule has 22 heavy (non-hydrogen) atoms. The number of aliphatic carboxylic acids is 1. The molecule has 1 atom stereocenters.